The fourth-order valence-corrected chi connectivity index (χ4v) is 3.81. The van der Waals surface area contributed by atoms with Crippen LogP contribution in [0, 0.1) is 0 Å². The van der Waals surface area contributed by atoms with Crippen LogP contribution in [0.15, 0.2) is 41.5 Å². The van der Waals surface area contributed by atoms with Crippen molar-refractivity contribution in [1.29, 1.82) is 0 Å². The Balaban J connectivity index is 1.54. The van der Waals surface area contributed by atoms with Crippen molar-refractivity contribution in [3.8, 4) is 0 Å². The van der Waals surface area contributed by atoms with Gasteiger partial charge in [-0.05, 0) is 48.9 Å². The molecule has 0 bridgehead atoms. The van der Waals surface area contributed by atoms with Gasteiger partial charge in [-0.25, -0.2) is 0 Å². The molecule has 5 heteroatoms. The monoisotopic (exact) mass is 325 g/mol. The molecule has 1 aliphatic carbocycles. The van der Waals surface area contributed by atoms with Crippen molar-refractivity contribution in [2.24, 2.45) is 0 Å². The largest absolute Gasteiger partial charge is 0.380 e. The number of hydrogen-bond acceptors (Lipinski definition) is 4. The molecule has 4 rings (SSSR count). The van der Waals surface area contributed by atoms with Gasteiger partial charge in [-0.1, -0.05) is 6.07 Å². The van der Waals surface area contributed by atoms with Crippen LogP contribution < -0.4 is 10.9 Å². The number of rotatable bonds is 4. The Morgan fingerprint density at radius 3 is 2.83 bits per heavy atom. The average molecular weight is 325 g/mol. The minimum absolute atomic E-state index is 0.0844. The summed E-state index contributed by atoms with van der Waals surface area (Å²) >= 11 is 0. The zero-order valence-corrected chi connectivity index (χ0v) is 13.8. The van der Waals surface area contributed by atoms with Crippen molar-refractivity contribution in [1.82, 2.24) is 14.9 Å². The molecule has 2 unspecified atom stereocenters. The first-order valence-corrected chi connectivity index (χ1v) is 8.74. The lowest BCUT2D eigenvalue weighted by atomic mass is 9.90. The summed E-state index contributed by atoms with van der Waals surface area (Å²) in [6.07, 6.45) is 7.66. The second kappa shape index (κ2) is 6.87. The molecule has 126 valence electrons. The molecule has 5 nitrogen and oxygen atoms in total. The molecule has 0 amide bonds. The average Bonchev–Trinajstić information content (AvgIpc) is 3.11. The second-order valence-electron chi connectivity index (χ2n) is 6.75. The summed E-state index contributed by atoms with van der Waals surface area (Å²) in [6.45, 7) is 2.32. The summed E-state index contributed by atoms with van der Waals surface area (Å²) in [4.78, 5) is 16.4. The van der Waals surface area contributed by atoms with Gasteiger partial charge < -0.3 is 14.6 Å². The first-order valence-electron chi connectivity index (χ1n) is 8.74. The summed E-state index contributed by atoms with van der Waals surface area (Å²) in [5, 5.41) is 3.72. The molecular formula is C19H23N3O2. The van der Waals surface area contributed by atoms with E-state index in [4.69, 9.17) is 4.74 Å². The van der Waals surface area contributed by atoms with E-state index in [9.17, 15) is 4.79 Å². The first-order chi connectivity index (χ1) is 11.8. The quantitative estimate of drug-likeness (QED) is 0.926. The van der Waals surface area contributed by atoms with Crippen LogP contribution in [0.4, 0.5) is 0 Å². The van der Waals surface area contributed by atoms with E-state index >= 15 is 0 Å². The molecule has 0 aromatic carbocycles. The summed E-state index contributed by atoms with van der Waals surface area (Å²) < 4.78 is 7.39. The molecule has 0 radical (unpaired) electrons. The van der Waals surface area contributed by atoms with Crippen LogP contribution >= 0.6 is 0 Å². The Morgan fingerprint density at radius 1 is 1.17 bits per heavy atom. The van der Waals surface area contributed by atoms with E-state index in [1.165, 1.54) is 11.3 Å². The molecule has 2 aliphatic rings. The van der Waals surface area contributed by atoms with Crippen molar-refractivity contribution in [3.63, 3.8) is 0 Å². The lowest BCUT2D eigenvalue weighted by Crippen LogP contribution is -2.43. The van der Waals surface area contributed by atoms with E-state index in [0.29, 0.717) is 18.6 Å². The summed E-state index contributed by atoms with van der Waals surface area (Å²) in [5.74, 6) is 0. The zero-order chi connectivity index (χ0) is 16.4. The second-order valence-corrected chi connectivity index (χ2v) is 6.75. The number of nitrogens with zero attached hydrogens (tertiary/aromatic N) is 2. The number of pyridine rings is 2. The van der Waals surface area contributed by atoms with Gasteiger partial charge in [-0.3, -0.25) is 9.78 Å². The number of aromatic nitrogens is 2. The molecule has 1 aliphatic heterocycles. The van der Waals surface area contributed by atoms with E-state index in [-0.39, 0.29) is 5.56 Å². The summed E-state index contributed by atoms with van der Waals surface area (Å²) in [6, 6.07) is 8.63. The highest BCUT2D eigenvalue weighted by molar-refractivity contribution is 5.27. The van der Waals surface area contributed by atoms with Gasteiger partial charge in [0.05, 0.1) is 13.2 Å². The molecule has 3 heterocycles. The van der Waals surface area contributed by atoms with Crippen LogP contribution in [0.25, 0.3) is 0 Å². The van der Waals surface area contributed by atoms with E-state index in [1.807, 2.05) is 22.8 Å². The normalized spacial score (nSPS) is 23.2. The molecule has 0 saturated carbocycles. The maximum atomic E-state index is 12.4. The highest BCUT2D eigenvalue weighted by Crippen LogP contribution is 2.22. The van der Waals surface area contributed by atoms with Crippen molar-refractivity contribution in [3.05, 3.63) is 63.8 Å². The van der Waals surface area contributed by atoms with Crippen molar-refractivity contribution in [2.45, 2.75) is 44.3 Å². The molecule has 1 saturated heterocycles. The Bertz CT molecular complexity index is 751. The molecule has 1 N–H and O–H groups in total. The van der Waals surface area contributed by atoms with Crippen LogP contribution in [-0.4, -0.2) is 34.8 Å². The Labute approximate surface area is 141 Å². The van der Waals surface area contributed by atoms with E-state index in [0.717, 1.165) is 44.5 Å². The molecule has 1 fully saturated rings. The van der Waals surface area contributed by atoms with Gasteiger partial charge in [0.2, 0.25) is 0 Å². The Hall–Kier alpha value is -1.98. The number of fused-ring (bicyclic) bond motifs is 1. The minimum atomic E-state index is 0.0844. The van der Waals surface area contributed by atoms with E-state index in [2.05, 4.69) is 10.3 Å². The third-order valence-electron chi connectivity index (χ3n) is 5.08. The highest BCUT2D eigenvalue weighted by Gasteiger charge is 2.25. The van der Waals surface area contributed by atoms with Crippen LogP contribution in [0.3, 0.4) is 0 Å². The lowest BCUT2D eigenvalue weighted by molar-refractivity contribution is 0.187. The van der Waals surface area contributed by atoms with Crippen LogP contribution in [-0.2, 0) is 24.1 Å². The van der Waals surface area contributed by atoms with Gasteiger partial charge in [-0.15, -0.1) is 0 Å². The van der Waals surface area contributed by atoms with Crippen LogP contribution in [0.2, 0.25) is 0 Å². The van der Waals surface area contributed by atoms with Gasteiger partial charge in [0, 0.05) is 42.8 Å². The summed E-state index contributed by atoms with van der Waals surface area (Å²) in [5.41, 5.74) is 3.69. The minimum Gasteiger partial charge on any atom is -0.380 e. The van der Waals surface area contributed by atoms with Gasteiger partial charge in [0.25, 0.3) is 5.56 Å². The van der Waals surface area contributed by atoms with Gasteiger partial charge >= 0.3 is 0 Å². The van der Waals surface area contributed by atoms with Crippen molar-refractivity contribution < 1.29 is 4.74 Å². The van der Waals surface area contributed by atoms with Crippen LogP contribution in [0.5, 0.6) is 0 Å². The topological polar surface area (TPSA) is 56.2 Å². The summed E-state index contributed by atoms with van der Waals surface area (Å²) in [7, 11) is 0. The maximum absolute atomic E-state index is 12.4. The first kappa shape index (κ1) is 15.5. The zero-order valence-electron chi connectivity index (χ0n) is 13.8. The lowest BCUT2D eigenvalue weighted by Gasteiger charge is -2.29. The molecule has 2 aromatic heterocycles. The maximum Gasteiger partial charge on any atom is 0.251 e. The Morgan fingerprint density at radius 2 is 2.04 bits per heavy atom. The molecule has 2 aromatic rings. The van der Waals surface area contributed by atoms with Gasteiger partial charge in [0.15, 0.2) is 0 Å². The van der Waals surface area contributed by atoms with Crippen molar-refractivity contribution >= 4 is 0 Å². The molecule has 0 spiro atoms. The molecule has 2 atom stereocenters. The van der Waals surface area contributed by atoms with Crippen LogP contribution in [0.1, 0.15) is 29.7 Å². The SMILES string of the molecule is O=c1ccc2c(n1Cc1ccncc1)CCC(NC1CCOC1)C2. The van der Waals surface area contributed by atoms with Gasteiger partial charge in [0.1, 0.15) is 0 Å². The highest BCUT2D eigenvalue weighted by atomic mass is 16.5. The smallest absolute Gasteiger partial charge is 0.251 e. The fourth-order valence-electron chi connectivity index (χ4n) is 3.81. The Kier molecular flexibility index (Phi) is 4.45. The van der Waals surface area contributed by atoms with Gasteiger partial charge in [-0.2, -0.15) is 0 Å². The predicted octanol–water partition coefficient (Wildman–Crippen LogP) is 1.53. The standard InChI is InChI=1S/C19H23N3O2/c23-19-4-1-15-11-16(21-17-7-10-24-13-17)2-3-18(15)22(19)12-14-5-8-20-9-6-14/h1,4-6,8-9,16-17,21H,2-3,7,10-13H2. The fraction of sp³-hybridized carbons (Fsp3) is 0.474. The molecule has 24 heavy (non-hydrogen) atoms. The predicted molar refractivity (Wildman–Crippen MR) is 92.2 cm³/mol. The third kappa shape index (κ3) is 3.28. The van der Waals surface area contributed by atoms with Crippen molar-refractivity contribution in [2.75, 3.05) is 13.2 Å². The van der Waals surface area contributed by atoms with E-state index < -0.39 is 0 Å². The number of ether oxygens (including phenoxy) is 1. The van der Waals surface area contributed by atoms with E-state index in [1.54, 1.807) is 18.5 Å². The third-order valence-corrected chi connectivity index (χ3v) is 5.08. The number of nitrogens with one attached hydrogen (secondary N) is 1. The molecular weight excluding hydrogens is 302 g/mol. The number of hydrogen-bond donors (Lipinski definition) is 1.